The van der Waals surface area contributed by atoms with E-state index >= 15 is 0 Å². The average molecular weight is 447 g/mol. The standard InChI is InChI=1S/C17H29N5O.HI/c1-21-10-12-22(13-11-21)9-4-3-8-19-17(18)20-15-6-5-7-16(14-15)23-2;/h5-7,14H,3-4,8-13H2,1-2H3,(H3,18,19,20);1H. The third-order valence-electron chi connectivity index (χ3n) is 4.10. The van der Waals surface area contributed by atoms with Gasteiger partial charge in [-0.25, -0.2) is 0 Å². The predicted octanol–water partition coefficient (Wildman–Crippen LogP) is 2.07. The van der Waals surface area contributed by atoms with E-state index in [1.807, 2.05) is 24.3 Å². The van der Waals surface area contributed by atoms with Gasteiger partial charge in [0.25, 0.3) is 0 Å². The Balaban J connectivity index is 0.00000288. The predicted molar refractivity (Wildman–Crippen MR) is 112 cm³/mol. The van der Waals surface area contributed by atoms with Gasteiger partial charge in [-0.2, -0.15) is 0 Å². The molecule has 1 aromatic rings. The molecule has 1 fully saturated rings. The van der Waals surface area contributed by atoms with Crippen LogP contribution in [0.4, 0.5) is 5.69 Å². The summed E-state index contributed by atoms with van der Waals surface area (Å²) in [7, 11) is 3.83. The fourth-order valence-electron chi connectivity index (χ4n) is 2.61. The molecule has 0 saturated carbocycles. The number of nitrogens with one attached hydrogen (secondary N) is 1. The lowest BCUT2D eigenvalue weighted by atomic mass is 10.2. The number of unbranched alkanes of at least 4 members (excludes halogenated alkanes) is 1. The van der Waals surface area contributed by atoms with Crippen molar-refractivity contribution in [2.75, 3.05) is 58.7 Å². The number of hydrogen-bond acceptors (Lipinski definition) is 4. The van der Waals surface area contributed by atoms with Crippen molar-refractivity contribution in [3.8, 4) is 5.75 Å². The highest BCUT2D eigenvalue weighted by atomic mass is 127. The normalized spacial score (nSPS) is 16.5. The molecule has 1 aromatic carbocycles. The highest BCUT2D eigenvalue weighted by molar-refractivity contribution is 14.0. The summed E-state index contributed by atoms with van der Waals surface area (Å²) in [5.74, 6) is 1.26. The number of nitrogens with two attached hydrogens (primary N) is 1. The van der Waals surface area contributed by atoms with Gasteiger partial charge >= 0.3 is 0 Å². The second kappa shape index (κ2) is 11.5. The van der Waals surface area contributed by atoms with Crippen LogP contribution in [0.15, 0.2) is 29.3 Å². The van der Waals surface area contributed by atoms with Crippen LogP contribution in [0.5, 0.6) is 5.75 Å². The first-order valence-electron chi connectivity index (χ1n) is 8.29. The first-order chi connectivity index (χ1) is 11.2. The summed E-state index contributed by atoms with van der Waals surface area (Å²) >= 11 is 0. The molecule has 1 aliphatic heterocycles. The molecule has 1 saturated heterocycles. The zero-order valence-electron chi connectivity index (χ0n) is 14.7. The summed E-state index contributed by atoms with van der Waals surface area (Å²) < 4.78 is 5.19. The zero-order chi connectivity index (χ0) is 16.5. The Labute approximate surface area is 162 Å². The molecular formula is C17H30IN5O. The van der Waals surface area contributed by atoms with Crippen LogP contribution in [0.2, 0.25) is 0 Å². The summed E-state index contributed by atoms with van der Waals surface area (Å²) in [6.07, 6.45) is 2.23. The number of ether oxygens (including phenoxy) is 1. The molecule has 3 N–H and O–H groups in total. The van der Waals surface area contributed by atoms with Crippen LogP contribution in [-0.4, -0.2) is 69.2 Å². The van der Waals surface area contributed by atoms with Gasteiger partial charge < -0.3 is 25.6 Å². The molecule has 1 heterocycles. The van der Waals surface area contributed by atoms with Crippen molar-refractivity contribution in [1.29, 1.82) is 0 Å². The Hall–Kier alpha value is -1.06. The summed E-state index contributed by atoms with van der Waals surface area (Å²) in [5, 5.41) is 3.09. The van der Waals surface area contributed by atoms with Crippen molar-refractivity contribution in [1.82, 2.24) is 9.80 Å². The molecule has 136 valence electrons. The lowest BCUT2D eigenvalue weighted by Gasteiger charge is -2.32. The van der Waals surface area contributed by atoms with Crippen molar-refractivity contribution >= 4 is 35.6 Å². The van der Waals surface area contributed by atoms with Crippen LogP contribution in [0, 0.1) is 0 Å². The minimum atomic E-state index is 0. The summed E-state index contributed by atoms with van der Waals surface area (Å²) in [6, 6.07) is 7.66. The van der Waals surface area contributed by atoms with E-state index in [1.54, 1.807) is 7.11 Å². The van der Waals surface area contributed by atoms with Gasteiger partial charge in [-0.3, -0.25) is 4.99 Å². The van der Waals surface area contributed by atoms with Gasteiger partial charge in [-0.1, -0.05) is 6.07 Å². The summed E-state index contributed by atoms with van der Waals surface area (Å²) in [5.41, 5.74) is 6.81. The second-order valence-electron chi connectivity index (χ2n) is 5.98. The van der Waals surface area contributed by atoms with E-state index in [-0.39, 0.29) is 24.0 Å². The monoisotopic (exact) mass is 447 g/mol. The minimum absolute atomic E-state index is 0. The number of likely N-dealkylation sites (N-methyl/N-ethyl adjacent to an activating group) is 1. The van der Waals surface area contributed by atoms with Crippen LogP contribution in [0.1, 0.15) is 12.8 Å². The number of aliphatic imine (C=N–C) groups is 1. The van der Waals surface area contributed by atoms with Gasteiger partial charge in [-0.15, -0.1) is 24.0 Å². The third-order valence-corrected chi connectivity index (χ3v) is 4.10. The summed E-state index contributed by atoms with van der Waals surface area (Å²) in [4.78, 5) is 9.30. The SMILES string of the molecule is COc1cccc(NC(N)=NCCCCN2CCN(C)CC2)c1.I. The van der Waals surface area contributed by atoms with Gasteiger partial charge in [0.15, 0.2) is 5.96 Å². The first kappa shape index (κ1) is 21.0. The number of hydrogen-bond donors (Lipinski definition) is 2. The van der Waals surface area contributed by atoms with Crippen molar-refractivity contribution in [3.63, 3.8) is 0 Å². The molecule has 6 nitrogen and oxygen atoms in total. The molecule has 0 atom stereocenters. The zero-order valence-corrected chi connectivity index (χ0v) is 17.0. The lowest BCUT2D eigenvalue weighted by Crippen LogP contribution is -2.44. The first-order valence-corrected chi connectivity index (χ1v) is 8.29. The number of rotatable bonds is 7. The molecule has 0 spiro atoms. The fourth-order valence-corrected chi connectivity index (χ4v) is 2.61. The summed E-state index contributed by atoms with van der Waals surface area (Å²) in [6.45, 7) is 6.63. The van der Waals surface area contributed by atoms with Gasteiger partial charge in [0.2, 0.25) is 0 Å². The number of nitrogens with zero attached hydrogens (tertiary/aromatic N) is 3. The minimum Gasteiger partial charge on any atom is -0.497 e. The van der Waals surface area contributed by atoms with Crippen LogP contribution in [0.3, 0.4) is 0 Å². The second-order valence-corrected chi connectivity index (χ2v) is 5.98. The fraction of sp³-hybridized carbons (Fsp3) is 0.588. The van der Waals surface area contributed by atoms with Gasteiger partial charge in [0.05, 0.1) is 7.11 Å². The number of anilines is 1. The molecule has 2 rings (SSSR count). The number of benzene rings is 1. The third kappa shape index (κ3) is 7.67. The van der Waals surface area contributed by atoms with E-state index < -0.39 is 0 Å². The van der Waals surface area contributed by atoms with E-state index in [0.29, 0.717) is 5.96 Å². The molecule has 0 aromatic heterocycles. The Morgan fingerprint density at radius 1 is 1.25 bits per heavy atom. The molecule has 1 aliphatic rings. The Morgan fingerprint density at radius 3 is 2.71 bits per heavy atom. The van der Waals surface area contributed by atoms with Crippen molar-refractivity contribution in [2.24, 2.45) is 10.7 Å². The van der Waals surface area contributed by atoms with Gasteiger partial charge in [-0.05, 0) is 38.6 Å². The molecule has 24 heavy (non-hydrogen) atoms. The maximum Gasteiger partial charge on any atom is 0.193 e. The van der Waals surface area contributed by atoms with Crippen molar-refractivity contribution in [2.45, 2.75) is 12.8 Å². The molecular weight excluding hydrogens is 417 g/mol. The van der Waals surface area contributed by atoms with Crippen LogP contribution in [-0.2, 0) is 0 Å². The van der Waals surface area contributed by atoms with Crippen LogP contribution < -0.4 is 15.8 Å². The molecule has 0 bridgehead atoms. The Bertz CT molecular complexity index is 504. The van der Waals surface area contributed by atoms with Gasteiger partial charge in [0, 0.05) is 44.5 Å². The van der Waals surface area contributed by atoms with Crippen molar-refractivity contribution < 1.29 is 4.74 Å². The highest BCUT2D eigenvalue weighted by Crippen LogP contribution is 2.16. The lowest BCUT2D eigenvalue weighted by molar-refractivity contribution is 0.152. The smallest absolute Gasteiger partial charge is 0.193 e. The average Bonchev–Trinajstić information content (AvgIpc) is 2.56. The number of halogens is 1. The highest BCUT2D eigenvalue weighted by Gasteiger charge is 2.12. The molecule has 7 heteroatoms. The molecule has 0 amide bonds. The van der Waals surface area contributed by atoms with E-state index in [2.05, 4.69) is 27.2 Å². The van der Waals surface area contributed by atoms with Crippen LogP contribution >= 0.6 is 24.0 Å². The number of guanidine groups is 1. The van der Waals surface area contributed by atoms with E-state index in [9.17, 15) is 0 Å². The Morgan fingerprint density at radius 2 is 2.00 bits per heavy atom. The molecule has 0 aliphatic carbocycles. The largest absolute Gasteiger partial charge is 0.497 e. The molecule has 0 radical (unpaired) electrons. The maximum absolute atomic E-state index is 5.92. The quantitative estimate of drug-likeness (QED) is 0.290. The van der Waals surface area contributed by atoms with E-state index in [4.69, 9.17) is 10.5 Å². The van der Waals surface area contributed by atoms with Crippen LogP contribution in [0.25, 0.3) is 0 Å². The number of methoxy groups -OCH3 is 1. The van der Waals surface area contributed by atoms with Gasteiger partial charge in [0.1, 0.15) is 5.75 Å². The molecule has 0 unspecified atom stereocenters. The van der Waals surface area contributed by atoms with Crippen molar-refractivity contribution in [3.05, 3.63) is 24.3 Å². The Kier molecular flexibility index (Phi) is 10.0. The van der Waals surface area contributed by atoms with E-state index in [0.717, 1.165) is 30.9 Å². The topological polar surface area (TPSA) is 66.1 Å². The number of piperazine rings is 1. The van der Waals surface area contributed by atoms with E-state index in [1.165, 1.54) is 32.6 Å². The maximum atomic E-state index is 5.92.